The summed E-state index contributed by atoms with van der Waals surface area (Å²) in [6.45, 7) is 1.79. The van der Waals surface area contributed by atoms with Gasteiger partial charge in [-0.3, -0.25) is 0 Å². The molecule has 0 spiro atoms. The molecule has 0 aliphatic carbocycles. The molecule has 88 valence electrons. The van der Waals surface area contributed by atoms with E-state index in [1.165, 1.54) is 7.11 Å². The molecule has 0 aromatic carbocycles. The van der Waals surface area contributed by atoms with Gasteiger partial charge in [0.05, 0.1) is 7.11 Å². The number of nitrogens with zero attached hydrogens (tertiary/aromatic N) is 4. The second kappa shape index (κ2) is 4.80. The lowest BCUT2D eigenvalue weighted by molar-refractivity contribution is 0.378. The zero-order chi connectivity index (χ0) is 11.5. The number of ether oxygens (including phenoxy) is 1. The third kappa shape index (κ3) is 2.33. The van der Waals surface area contributed by atoms with Gasteiger partial charge in [0.2, 0.25) is 11.2 Å². The minimum Gasteiger partial charge on any atom is -0.467 e. The highest BCUT2D eigenvalue weighted by atomic mass is 35.5. The molecular formula is C9H14ClN5O. The fourth-order valence-electron chi connectivity index (χ4n) is 1.73. The molecule has 1 aliphatic rings. The fraction of sp³-hybridized carbons (Fsp3) is 0.667. The highest BCUT2D eigenvalue weighted by molar-refractivity contribution is 6.28. The van der Waals surface area contributed by atoms with Crippen LogP contribution in [0.5, 0.6) is 6.01 Å². The van der Waals surface area contributed by atoms with Crippen LogP contribution in [0.1, 0.15) is 6.42 Å². The lowest BCUT2D eigenvalue weighted by Crippen LogP contribution is -2.30. The lowest BCUT2D eigenvalue weighted by atomic mass is 10.3. The van der Waals surface area contributed by atoms with Crippen LogP contribution in [0.3, 0.4) is 0 Å². The number of hydrogen-bond acceptors (Lipinski definition) is 6. The molecule has 2 heterocycles. The molecule has 1 aliphatic heterocycles. The SMILES string of the molecule is CNC1CCN(c2nc(Cl)nc(OC)n2)C1. The van der Waals surface area contributed by atoms with Gasteiger partial charge >= 0.3 is 6.01 Å². The summed E-state index contributed by atoms with van der Waals surface area (Å²) >= 11 is 5.79. The van der Waals surface area contributed by atoms with E-state index in [0.29, 0.717) is 12.0 Å². The molecular weight excluding hydrogens is 230 g/mol. The van der Waals surface area contributed by atoms with Crippen LogP contribution in [0.2, 0.25) is 5.28 Å². The molecule has 6 nitrogen and oxygen atoms in total. The Morgan fingerprint density at radius 2 is 2.25 bits per heavy atom. The van der Waals surface area contributed by atoms with Crippen LogP contribution in [0.25, 0.3) is 0 Å². The quantitative estimate of drug-likeness (QED) is 0.826. The Labute approximate surface area is 99.0 Å². The normalized spacial score (nSPS) is 20.2. The first-order chi connectivity index (χ1) is 7.72. The maximum absolute atomic E-state index is 5.79. The molecule has 1 fully saturated rings. The van der Waals surface area contributed by atoms with Gasteiger partial charge in [0, 0.05) is 19.1 Å². The Bertz CT molecular complexity index is 375. The van der Waals surface area contributed by atoms with E-state index in [1.54, 1.807) is 0 Å². The van der Waals surface area contributed by atoms with E-state index < -0.39 is 0 Å². The molecule has 0 amide bonds. The van der Waals surface area contributed by atoms with Crippen molar-refractivity contribution in [2.24, 2.45) is 0 Å². The van der Waals surface area contributed by atoms with Crippen LogP contribution in [-0.4, -0.2) is 48.2 Å². The number of anilines is 1. The Hall–Kier alpha value is -1.14. The second-order valence-corrected chi connectivity index (χ2v) is 3.95. The second-order valence-electron chi connectivity index (χ2n) is 3.61. The number of rotatable bonds is 3. The molecule has 1 unspecified atom stereocenters. The zero-order valence-electron chi connectivity index (χ0n) is 9.27. The Balaban J connectivity index is 2.17. The summed E-state index contributed by atoms with van der Waals surface area (Å²) in [4.78, 5) is 14.2. The van der Waals surface area contributed by atoms with Crippen molar-refractivity contribution in [3.8, 4) is 6.01 Å². The van der Waals surface area contributed by atoms with Gasteiger partial charge in [-0.25, -0.2) is 0 Å². The van der Waals surface area contributed by atoms with Crippen molar-refractivity contribution in [1.29, 1.82) is 0 Å². The molecule has 1 saturated heterocycles. The number of halogens is 1. The largest absolute Gasteiger partial charge is 0.467 e. The topological polar surface area (TPSA) is 63.2 Å². The van der Waals surface area contributed by atoms with Gasteiger partial charge in [-0.05, 0) is 25.1 Å². The first kappa shape index (κ1) is 11.3. The molecule has 7 heteroatoms. The van der Waals surface area contributed by atoms with Crippen LogP contribution in [0.15, 0.2) is 0 Å². The van der Waals surface area contributed by atoms with Gasteiger partial charge < -0.3 is 15.0 Å². The summed E-state index contributed by atoms with van der Waals surface area (Å²) in [5.74, 6) is 0.578. The van der Waals surface area contributed by atoms with Gasteiger partial charge in [-0.1, -0.05) is 0 Å². The van der Waals surface area contributed by atoms with Crippen molar-refractivity contribution in [3.63, 3.8) is 0 Å². The van der Waals surface area contributed by atoms with Crippen molar-refractivity contribution >= 4 is 17.5 Å². The van der Waals surface area contributed by atoms with Gasteiger partial charge in [0.15, 0.2) is 0 Å². The summed E-state index contributed by atoms with van der Waals surface area (Å²) in [6, 6.07) is 0.726. The van der Waals surface area contributed by atoms with Crippen LogP contribution in [0.4, 0.5) is 5.95 Å². The van der Waals surface area contributed by atoms with Crippen molar-refractivity contribution in [1.82, 2.24) is 20.3 Å². The van der Waals surface area contributed by atoms with Crippen LogP contribution < -0.4 is 15.0 Å². The fourth-order valence-corrected chi connectivity index (χ4v) is 1.88. The van der Waals surface area contributed by atoms with Crippen LogP contribution in [-0.2, 0) is 0 Å². The number of likely N-dealkylation sites (N-methyl/N-ethyl adjacent to an activating group) is 1. The van der Waals surface area contributed by atoms with E-state index in [2.05, 4.69) is 25.2 Å². The molecule has 1 aromatic rings. The van der Waals surface area contributed by atoms with Gasteiger partial charge in [0.25, 0.3) is 0 Å². The molecule has 1 aromatic heterocycles. The molecule has 16 heavy (non-hydrogen) atoms. The summed E-state index contributed by atoms with van der Waals surface area (Å²) < 4.78 is 4.96. The molecule has 1 N–H and O–H groups in total. The maximum Gasteiger partial charge on any atom is 0.322 e. The molecule has 0 bridgehead atoms. The predicted octanol–water partition coefficient (Wildman–Crippen LogP) is 0.332. The third-order valence-electron chi connectivity index (χ3n) is 2.64. The number of hydrogen-bond donors (Lipinski definition) is 1. The first-order valence-electron chi connectivity index (χ1n) is 5.10. The molecule has 2 rings (SSSR count). The standard InChI is InChI=1S/C9H14ClN5O/c1-11-6-3-4-15(5-6)8-12-7(10)13-9(14-8)16-2/h6,11H,3-5H2,1-2H3. The number of aromatic nitrogens is 3. The highest BCUT2D eigenvalue weighted by Crippen LogP contribution is 2.19. The smallest absolute Gasteiger partial charge is 0.322 e. The predicted molar refractivity (Wildman–Crippen MR) is 61.1 cm³/mol. The van der Waals surface area contributed by atoms with Crippen molar-refractivity contribution in [2.45, 2.75) is 12.5 Å². The van der Waals surface area contributed by atoms with Crippen molar-refractivity contribution in [3.05, 3.63) is 5.28 Å². The molecule has 0 radical (unpaired) electrons. The summed E-state index contributed by atoms with van der Waals surface area (Å²) in [6.07, 6.45) is 1.07. The van der Waals surface area contributed by atoms with E-state index in [1.807, 2.05) is 7.05 Å². The first-order valence-corrected chi connectivity index (χ1v) is 5.48. The van der Waals surface area contributed by atoms with E-state index in [-0.39, 0.29) is 11.3 Å². The third-order valence-corrected chi connectivity index (χ3v) is 2.81. The molecule has 1 atom stereocenters. The summed E-state index contributed by atoms with van der Waals surface area (Å²) in [7, 11) is 3.46. The van der Waals surface area contributed by atoms with Crippen molar-refractivity contribution < 1.29 is 4.74 Å². The maximum atomic E-state index is 5.79. The minimum absolute atomic E-state index is 0.162. The Kier molecular flexibility index (Phi) is 3.40. The van der Waals surface area contributed by atoms with Gasteiger partial charge in [-0.15, -0.1) is 0 Å². The average molecular weight is 244 g/mol. The molecule has 0 saturated carbocycles. The highest BCUT2D eigenvalue weighted by Gasteiger charge is 2.23. The minimum atomic E-state index is 0.162. The summed E-state index contributed by atoms with van der Waals surface area (Å²) in [5.41, 5.74) is 0. The van der Waals surface area contributed by atoms with Crippen LogP contribution in [0, 0.1) is 0 Å². The zero-order valence-corrected chi connectivity index (χ0v) is 10.0. The van der Waals surface area contributed by atoms with Gasteiger partial charge in [-0.2, -0.15) is 15.0 Å². The Morgan fingerprint density at radius 3 is 2.88 bits per heavy atom. The monoisotopic (exact) mass is 243 g/mol. The van der Waals surface area contributed by atoms with E-state index in [4.69, 9.17) is 16.3 Å². The lowest BCUT2D eigenvalue weighted by Gasteiger charge is -2.16. The van der Waals surface area contributed by atoms with E-state index in [0.717, 1.165) is 19.5 Å². The number of methoxy groups -OCH3 is 1. The Morgan fingerprint density at radius 1 is 1.44 bits per heavy atom. The number of nitrogens with one attached hydrogen (secondary N) is 1. The summed E-state index contributed by atoms with van der Waals surface area (Å²) in [5, 5.41) is 3.39. The van der Waals surface area contributed by atoms with E-state index in [9.17, 15) is 0 Å². The average Bonchev–Trinajstić information content (AvgIpc) is 2.76. The van der Waals surface area contributed by atoms with Crippen LogP contribution >= 0.6 is 11.6 Å². The van der Waals surface area contributed by atoms with Crippen molar-refractivity contribution in [2.75, 3.05) is 32.1 Å². The van der Waals surface area contributed by atoms with E-state index >= 15 is 0 Å². The van der Waals surface area contributed by atoms with Gasteiger partial charge in [0.1, 0.15) is 0 Å².